The lowest BCUT2D eigenvalue weighted by Crippen LogP contribution is -1.94. The van der Waals surface area contributed by atoms with E-state index in [9.17, 15) is 10.1 Å². The minimum atomic E-state index is -0.495. The van der Waals surface area contributed by atoms with E-state index in [2.05, 4.69) is 15.2 Å². The van der Waals surface area contributed by atoms with Crippen LogP contribution in [-0.4, -0.2) is 20.1 Å². The van der Waals surface area contributed by atoms with Gasteiger partial charge in [0, 0.05) is 18.7 Å². The van der Waals surface area contributed by atoms with Crippen LogP contribution in [0.25, 0.3) is 11.5 Å². The fraction of sp³-hybridized carbons (Fsp3) is 0.133. The first-order valence-corrected chi connectivity index (χ1v) is 7.73. The predicted molar refractivity (Wildman–Crippen MR) is 84.9 cm³/mol. The van der Waals surface area contributed by atoms with Gasteiger partial charge in [0.2, 0.25) is 5.89 Å². The summed E-state index contributed by atoms with van der Waals surface area (Å²) in [5.41, 5.74) is 1.49. The average molecular weight is 328 g/mol. The van der Waals surface area contributed by atoms with Gasteiger partial charge < -0.3 is 4.42 Å². The Labute approximate surface area is 135 Å². The Balaban J connectivity index is 1.93. The van der Waals surface area contributed by atoms with Crippen LogP contribution < -0.4 is 0 Å². The van der Waals surface area contributed by atoms with E-state index in [0.717, 1.165) is 5.56 Å². The van der Waals surface area contributed by atoms with Gasteiger partial charge in [0.25, 0.3) is 11.6 Å². The van der Waals surface area contributed by atoms with E-state index in [1.807, 2.05) is 30.3 Å². The maximum atomic E-state index is 11.0. The van der Waals surface area contributed by atoms with Crippen LogP contribution in [0.5, 0.6) is 0 Å². The maximum Gasteiger partial charge on any atom is 0.288 e. The molecule has 0 amide bonds. The van der Waals surface area contributed by atoms with Crippen LogP contribution in [0.2, 0.25) is 0 Å². The van der Waals surface area contributed by atoms with Gasteiger partial charge in [-0.2, -0.15) is 0 Å². The molecule has 0 unspecified atom stereocenters. The number of thioether (sulfide) groups is 1. The summed E-state index contributed by atoms with van der Waals surface area (Å²) in [7, 11) is 0. The highest BCUT2D eigenvalue weighted by Gasteiger charge is 2.18. The zero-order chi connectivity index (χ0) is 16.2. The molecule has 116 valence electrons. The lowest BCUT2D eigenvalue weighted by Gasteiger charge is -2.05. The van der Waals surface area contributed by atoms with Crippen molar-refractivity contribution in [3.8, 4) is 11.5 Å². The molecule has 1 aromatic carbocycles. The molecule has 0 spiro atoms. The molecule has 0 aliphatic rings. The third-order valence-corrected chi connectivity index (χ3v) is 4.10. The van der Waals surface area contributed by atoms with Crippen LogP contribution in [0.4, 0.5) is 5.69 Å². The number of rotatable bonds is 5. The Morgan fingerprint density at radius 2 is 2.04 bits per heavy atom. The molecule has 0 aliphatic carbocycles. The fourth-order valence-corrected chi connectivity index (χ4v) is 2.87. The molecule has 8 heteroatoms. The standard InChI is InChI=1S/C15H12N4O3S/c1-10-17-18-14(22-10)13-7-12(19(20)21)8-16-15(13)23-9-11-5-3-2-4-6-11/h2-8H,9H2,1H3. The molecule has 0 saturated carbocycles. The van der Waals surface area contributed by atoms with Crippen molar-refractivity contribution in [3.63, 3.8) is 0 Å². The molecular formula is C15H12N4O3S. The first-order valence-electron chi connectivity index (χ1n) is 6.75. The molecule has 0 fully saturated rings. The lowest BCUT2D eigenvalue weighted by molar-refractivity contribution is -0.385. The summed E-state index contributed by atoms with van der Waals surface area (Å²) < 4.78 is 5.40. The molecule has 0 N–H and O–H groups in total. The van der Waals surface area contributed by atoms with Crippen molar-refractivity contribution >= 4 is 17.4 Å². The molecule has 2 aromatic heterocycles. The number of nitro groups is 1. The number of nitrogens with zero attached hydrogens (tertiary/aromatic N) is 4. The van der Waals surface area contributed by atoms with E-state index in [-0.39, 0.29) is 11.6 Å². The van der Waals surface area contributed by atoms with Crippen LogP contribution in [0, 0.1) is 17.0 Å². The van der Waals surface area contributed by atoms with Gasteiger partial charge in [0.1, 0.15) is 11.2 Å². The summed E-state index contributed by atoms with van der Waals surface area (Å²) in [6.07, 6.45) is 1.24. The van der Waals surface area contributed by atoms with E-state index in [1.165, 1.54) is 24.0 Å². The Bertz CT molecular complexity index is 836. The number of hydrogen-bond donors (Lipinski definition) is 0. The van der Waals surface area contributed by atoms with Gasteiger partial charge in [-0.1, -0.05) is 30.3 Å². The zero-order valence-electron chi connectivity index (χ0n) is 12.2. The smallest absolute Gasteiger partial charge is 0.288 e. The molecule has 2 heterocycles. The Hall–Kier alpha value is -2.74. The van der Waals surface area contributed by atoms with Crippen LogP contribution in [-0.2, 0) is 5.75 Å². The minimum absolute atomic E-state index is 0.111. The second-order valence-corrected chi connectivity index (χ2v) is 5.67. The molecule has 7 nitrogen and oxygen atoms in total. The molecule has 0 radical (unpaired) electrons. The normalized spacial score (nSPS) is 10.7. The maximum absolute atomic E-state index is 11.0. The van der Waals surface area contributed by atoms with E-state index in [0.29, 0.717) is 22.2 Å². The summed E-state index contributed by atoms with van der Waals surface area (Å²) in [5.74, 6) is 1.31. The summed E-state index contributed by atoms with van der Waals surface area (Å²) in [4.78, 5) is 14.7. The van der Waals surface area contributed by atoms with Gasteiger partial charge in [0.05, 0.1) is 10.5 Å². The average Bonchev–Trinajstić information content (AvgIpc) is 3.00. The predicted octanol–water partition coefficient (Wildman–Crippen LogP) is 3.64. The van der Waals surface area contributed by atoms with Crippen molar-refractivity contribution in [1.29, 1.82) is 0 Å². The number of aryl methyl sites for hydroxylation is 1. The van der Waals surface area contributed by atoms with Crippen molar-refractivity contribution in [2.75, 3.05) is 0 Å². The van der Waals surface area contributed by atoms with Gasteiger partial charge in [-0.25, -0.2) is 4.98 Å². The van der Waals surface area contributed by atoms with Gasteiger partial charge in [-0.05, 0) is 5.56 Å². The van der Waals surface area contributed by atoms with Crippen LogP contribution in [0.15, 0.2) is 52.0 Å². The monoisotopic (exact) mass is 328 g/mol. The van der Waals surface area contributed by atoms with Crippen molar-refractivity contribution < 1.29 is 9.34 Å². The third-order valence-electron chi connectivity index (χ3n) is 3.02. The van der Waals surface area contributed by atoms with Gasteiger partial charge in [-0.3, -0.25) is 10.1 Å². The second kappa shape index (κ2) is 6.57. The topological polar surface area (TPSA) is 95.0 Å². The lowest BCUT2D eigenvalue weighted by atomic mass is 10.2. The summed E-state index contributed by atoms with van der Waals surface area (Å²) in [6, 6.07) is 11.3. The highest BCUT2D eigenvalue weighted by molar-refractivity contribution is 7.98. The van der Waals surface area contributed by atoms with Gasteiger partial charge >= 0.3 is 0 Å². The van der Waals surface area contributed by atoms with Crippen LogP contribution in [0.3, 0.4) is 0 Å². The quantitative estimate of drug-likeness (QED) is 0.401. The highest BCUT2D eigenvalue weighted by atomic mass is 32.2. The number of pyridine rings is 1. The second-order valence-electron chi connectivity index (χ2n) is 4.70. The van der Waals surface area contributed by atoms with Gasteiger partial charge in [0.15, 0.2) is 0 Å². The first-order chi connectivity index (χ1) is 11.1. The molecular weight excluding hydrogens is 316 g/mol. The van der Waals surface area contributed by atoms with Crippen LogP contribution in [0.1, 0.15) is 11.5 Å². The Morgan fingerprint density at radius 3 is 2.70 bits per heavy atom. The van der Waals surface area contributed by atoms with E-state index >= 15 is 0 Å². The van der Waals surface area contributed by atoms with Crippen molar-refractivity contribution in [1.82, 2.24) is 15.2 Å². The van der Waals surface area contributed by atoms with Crippen molar-refractivity contribution in [3.05, 3.63) is 64.2 Å². The Morgan fingerprint density at radius 1 is 1.26 bits per heavy atom. The summed E-state index contributed by atoms with van der Waals surface area (Å²) >= 11 is 1.46. The molecule has 0 atom stereocenters. The number of benzene rings is 1. The van der Waals surface area contributed by atoms with E-state index < -0.39 is 4.92 Å². The molecule has 3 rings (SSSR count). The van der Waals surface area contributed by atoms with Gasteiger partial charge in [-0.15, -0.1) is 22.0 Å². The molecule has 23 heavy (non-hydrogen) atoms. The van der Waals surface area contributed by atoms with E-state index in [1.54, 1.807) is 6.92 Å². The van der Waals surface area contributed by atoms with Crippen molar-refractivity contribution in [2.45, 2.75) is 17.7 Å². The SMILES string of the molecule is Cc1nnc(-c2cc([N+](=O)[O-])cnc2SCc2ccccc2)o1. The van der Waals surface area contributed by atoms with Crippen LogP contribution >= 0.6 is 11.8 Å². The summed E-state index contributed by atoms with van der Waals surface area (Å²) in [5, 5.41) is 19.3. The minimum Gasteiger partial charge on any atom is -0.421 e. The molecule has 0 aliphatic heterocycles. The van der Waals surface area contributed by atoms with Crippen molar-refractivity contribution in [2.24, 2.45) is 0 Å². The number of hydrogen-bond acceptors (Lipinski definition) is 7. The molecule has 3 aromatic rings. The largest absolute Gasteiger partial charge is 0.421 e. The third kappa shape index (κ3) is 3.54. The Kier molecular flexibility index (Phi) is 4.33. The summed E-state index contributed by atoms with van der Waals surface area (Å²) in [6.45, 7) is 1.66. The highest BCUT2D eigenvalue weighted by Crippen LogP contribution is 2.33. The first kappa shape index (κ1) is 15.2. The molecule has 0 bridgehead atoms. The molecule has 0 saturated heterocycles. The fourth-order valence-electron chi connectivity index (χ4n) is 1.94. The van der Waals surface area contributed by atoms with E-state index in [4.69, 9.17) is 4.42 Å². The zero-order valence-corrected chi connectivity index (χ0v) is 13.0. The number of aromatic nitrogens is 3.